The summed E-state index contributed by atoms with van der Waals surface area (Å²) in [6.07, 6.45) is 5.98. The summed E-state index contributed by atoms with van der Waals surface area (Å²) in [7, 11) is 3.89. The van der Waals surface area contributed by atoms with Gasteiger partial charge in [-0.1, -0.05) is 17.3 Å². The Morgan fingerprint density at radius 3 is 3.09 bits per heavy atom. The predicted octanol–water partition coefficient (Wildman–Crippen LogP) is 1.97. The van der Waals surface area contributed by atoms with E-state index in [1.165, 1.54) is 11.1 Å². The van der Waals surface area contributed by atoms with E-state index < -0.39 is 0 Å². The molecule has 2 heterocycles. The lowest BCUT2D eigenvalue weighted by molar-refractivity contribution is 0.0263. The van der Waals surface area contributed by atoms with Crippen molar-refractivity contribution in [1.29, 1.82) is 0 Å². The van der Waals surface area contributed by atoms with Crippen LogP contribution in [-0.4, -0.2) is 48.7 Å². The number of methoxy groups -OCH3 is 1. The van der Waals surface area contributed by atoms with E-state index >= 15 is 0 Å². The molecule has 23 heavy (non-hydrogen) atoms. The Balaban J connectivity index is 1.83. The summed E-state index contributed by atoms with van der Waals surface area (Å²) >= 11 is 0. The highest BCUT2D eigenvalue weighted by Gasteiger charge is 2.64. The lowest BCUT2D eigenvalue weighted by Gasteiger charge is -2.55. The zero-order valence-corrected chi connectivity index (χ0v) is 13.3. The number of likely N-dealkylation sites (tertiary alicyclic amines) is 1. The van der Waals surface area contributed by atoms with Crippen molar-refractivity contribution in [3.05, 3.63) is 35.4 Å². The van der Waals surface area contributed by atoms with Gasteiger partial charge in [0.15, 0.2) is 17.6 Å². The molecule has 120 valence electrons. The van der Waals surface area contributed by atoms with Crippen molar-refractivity contribution >= 4 is 5.71 Å². The molecule has 1 aromatic carbocycles. The number of benzene rings is 1. The molecule has 2 aliphatic heterocycles. The topological polar surface area (TPSA) is 54.3 Å². The van der Waals surface area contributed by atoms with Gasteiger partial charge in [0.2, 0.25) is 0 Å². The fourth-order valence-electron chi connectivity index (χ4n) is 5.33. The third-order valence-electron chi connectivity index (χ3n) is 6.34. The van der Waals surface area contributed by atoms with E-state index in [2.05, 4.69) is 29.2 Å². The Labute approximate surface area is 135 Å². The Bertz CT molecular complexity index is 757. The molecule has 1 spiro atoms. The van der Waals surface area contributed by atoms with Crippen molar-refractivity contribution in [2.75, 3.05) is 20.7 Å². The van der Waals surface area contributed by atoms with Gasteiger partial charge in [0.25, 0.3) is 0 Å². The molecule has 4 aliphatic rings. The van der Waals surface area contributed by atoms with Crippen LogP contribution in [0.4, 0.5) is 0 Å². The van der Waals surface area contributed by atoms with Crippen molar-refractivity contribution in [3.8, 4) is 11.5 Å². The molecular weight excluding hydrogens is 292 g/mol. The molecule has 0 amide bonds. The van der Waals surface area contributed by atoms with Gasteiger partial charge in [-0.3, -0.25) is 0 Å². The van der Waals surface area contributed by atoms with Gasteiger partial charge in [0.05, 0.1) is 12.5 Å². The fourth-order valence-corrected chi connectivity index (χ4v) is 5.33. The maximum atomic E-state index is 9.48. The largest absolute Gasteiger partial charge is 0.493 e. The van der Waals surface area contributed by atoms with Crippen LogP contribution in [0.2, 0.25) is 0 Å². The molecule has 2 bridgehead atoms. The van der Waals surface area contributed by atoms with Crippen molar-refractivity contribution in [1.82, 2.24) is 4.90 Å². The first-order valence-corrected chi connectivity index (χ1v) is 8.18. The van der Waals surface area contributed by atoms with E-state index in [1.807, 2.05) is 12.1 Å². The Morgan fingerprint density at radius 2 is 2.30 bits per heavy atom. The second-order valence-electron chi connectivity index (χ2n) is 7.08. The van der Waals surface area contributed by atoms with Crippen LogP contribution < -0.4 is 9.47 Å². The molecule has 4 atom stereocenters. The standard InChI is InChI=1S/C18H20N2O3/c1-20-8-7-18-11-4-5-12(19-21)17(18)23-16-14(22-2)6-3-10(15(16)18)9-13(11)20/h3-6,11,13,17,21H,7-9H2,1-2H3/b19-12+/t11-,13+,17-,18-/m0/s1. The Morgan fingerprint density at radius 1 is 1.43 bits per heavy atom. The molecule has 5 rings (SSSR count). The molecular formula is C18H20N2O3. The average molecular weight is 312 g/mol. The summed E-state index contributed by atoms with van der Waals surface area (Å²) < 4.78 is 11.9. The second kappa shape index (κ2) is 4.29. The highest BCUT2D eigenvalue weighted by atomic mass is 16.5. The number of hydrogen-bond donors (Lipinski definition) is 1. The second-order valence-corrected chi connectivity index (χ2v) is 7.08. The molecule has 1 N–H and O–H groups in total. The van der Waals surface area contributed by atoms with E-state index in [4.69, 9.17) is 9.47 Å². The van der Waals surface area contributed by atoms with Crippen molar-refractivity contribution in [3.63, 3.8) is 0 Å². The van der Waals surface area contributed by atoms with E-state index in [0.29, 0.717) is 17.7 Å². The lowest BCUT2D eigenvalue weighted by Crippen LogP contribution is -2.64. The van der Waals surface area contributed by atoms with Crippen LogP contribution in [0.25, 0.3) is 0 Å². The molecule has 5 nitrogen and oxygen atoms in total. The minimum atomic E-state index is -0.218. The maximum absolute atomic E-state index is 9.48. The van der Waals surface area contributed by atoms with Gasteiger partial charge in [0, 0.05) is 17.5 Å². The van der Waals surface area contributed by atoms with Crippen LogP contribution in [0.3, 0.4) is 0 Å². The molecule has 0 unspecified atom stereocenters. The quantitative estimate of drug-likeness (QED) is 0.636. The zero-order chi connectivity index (χ0) is 15.8. The summed E-state index contributed by atoms with van der Waals surface area (Å²) in [5.41, 5.74) is 3.14. The monoisotopic (exact) mass is 312 g/mol. The maximum Gasteiger partial charge on any atom is 0.166 e. The summed E-state index contributed by atoms with van der Waals surface area (Å²) in [6.45, 7) is 1.03. The molecule has 0 aromatic heterocycles. The van der Waals surface area contributed by atoms with Crippen molar-refractivity contribution < 1.29 is 14.7 Å². The van der Waals surface area contributed by atoms with Crippen LogP contribution >= 0.6 is 0 Å². The summed E-state index contributed by atoms with van der Waals surface area (Å²) in [4.78, 5) is 2.46. The molecule has 0 saturated carbocycles. The van der Waals surface area contributed by atoms with Crippen molar-refractivity contribution in [2.45, 2.75) is 30.4 Å². The highest BCUT2D eigenvalue weighted by Crippen LogP contribution is 2.61. The van der Waals surface area contributed by atoms with Gasteiger partial charge in [-0.2, -0.15) is 0 Å². The van der Waals surface area contributed by atoms with Crippen LogP contribution in [0, 0.1) is 5.92 Å². The molecule has 1 aromatic rings. The third kappa shape index (κ3) is 1.40. The number of nitrogens with zero attached hydrogens (tertiary/aromatic N) is 2. The van der Waals surface area contributed by atoms with Gasteiger partial charge < -0.3 is 19.6 Å². The molecule has 5 heteroatoms. The van der Waals surface area contributed by atoms with E-state index in [-0.39, 0.29) is 11.5 Å². The molecule has 0 radical (unpaired) electrons. The first-order valence-electron chi connectivity index (χ1n) is 8.18. The van der Waals surface area contributed by atoms with Crippen molar-refractivity contribution in [2.24, 2.45) is 11.1 Å². The van der Waals surface area contributed by atoms with Crippen LogP contribution in [0.1, 0.15) is 17.5 Å². The van der Waals surface area contributed by atoms with E-state index in [0.717, 1.165) is 30.9 Å². The van der Waals surface area contributed by atoms with Crippen LogP contribution in [-0.2, 0) is 11.8 Å². The molecule has 1 fully saturated rings. The fraction of sp³-hybridized carbons (Fsp3) is 0.500. The third-order valence-corrected chi connectivity index (χ3v) is 6.34. The number of oxime groups is 1. The Hall–Kier alpha value is -2.01. The SMILES string of the molecule is COc1ccc2c3c1O[C@H]1/C(=N/O)C=C[C@H]4[C@@H](C2)N(C)CC[C@]314. The van der Waals surface area contributed by atoms with Gasteiger partial charge >= 0.3 is 0 Å². The minimum absolute atomic E-state index is 0.120. The minimum Gasteiger partial charge on any atom is -0.493 e. The number of rotatable bonds is 1. The van der Waals surface area contributed by atoms with Gasteiger partial charge in [-0.25, -0.2) is 0 Å². The summed E-state index contributed by atoms with van der Waals surface area (Å²) in [6, 6.07) is 4.65. The smallest absolute Gasteiger partial charge is 0.166 e. The van der Waals surface area contributed by atoms with Crippen LogP contribution in [0.5, 0.6) is 11.5 Å². The Kier molecular flexibility index (Phi) is 2.51. The highest BCUT2D eigenvalue weighted by molar-refractivity contribution is 6.02. The number of hydrogen-bond acceptors (Lipinski definition) is 5. The summed E-state index contributed by atoms with van der Waals surface area (Å²) in [5, 5.41) is 13.0. The summed E-state index contributed by atoms with van der Waals surface area (Å²) in [5.74, 6) is 2.02. The first-order chi connectivity index (χ1) is 11.2. The predicted molar refractivity (Wildman–Crippen MR) is 85.7 cm³/mol. The lowest BCUT2D eigenvalue weighted by atomic mass is 9.53. The molecule has 2 aliphatic carbocycles. The first kappa shape index (κ1) is 13.4. The average Bonchev–Trinajstić information content (AvgIpc) is 2.92. The zero-order valence-electron chi connectivity index (χ0n) is 13.3. The number of ether oxygens (including phenoxy) is 2. The van der Waals surface area contributed by atoms with Gasteiger partial charge in [0.1, 0.15) is 5.71 Å². The molecule has 1 saturated heterocycles. The number of likely N-dealkylation sites (N-methyl/N-ethyl adjacent to an activating group) is 1. The normalized spacial score (nSPS) is 38.3. The van der Waals surface area contributed by atoms with E-state index in [1.54, 1.807) is 7.11 Å². The van der Waals surface area contributed by atoms with Crippen LogP contribution in [0.15, 0.2) is 29.4 Å². The van der Waals surface area contributed by atoms with E-state index in [9.17, 15) is 5.21 Å². The van der Waals surface area contributed by atoms with Gasteiger partial charge in [-0.05, 0) is 44.1 Å². The van der Waals surface area contributed by atoms with Gasteiger partial charge in [-0.15, -0.1) is 0 Å². The number of piperidine rings is 1.